The van der Waals surface area contributed by atoms with Crippen molar-refractivity contribution in [2.24, 2.45) is 0 Å². The lowest BCUT2D eigenvalue weighted by Crippen LogP contribution is -2.08. The Labute approximate surface area is 83.3 Å². The molecule has 0 saturated heterocycles. The molecule has 0 aliphatic carbocycles. The molecule has 0 heterocycles. The SMILES string of the molecule is CC(C)OC(=O)/C=C\C(=O)O.COC. The number of methoxy groups -OCH3 is 1. The van der Waals surface area contributed by atoms with E-state index < -0.39 is 11.9 Å². The van der Waals surface area contributed by atoms with Crippen molar-refractivity contribution in [3.8, 4) is 0 Å². The fourth-order valence-corrected chi connectivity index (χ4v) is 0.411. The van der Waals surface area contributed by atoms with Crippen molar-refractivity contribution in [1.29, 1.82) is 0 Å². The number of carboxylic acid groups (broad SMARTS) is 1. The average molecular weight is 204 g/mol. The number of rotatable bonds is 3. The van der Waals surface area contributed by atoms with E-state index in [4.69, 9.17) is 5.11 Å². The maximum atomic E-state index is 10.6. The molecular formula is C9H16O5. The molecule has 0 fully saturated rings. The van der Waals surface area contributed by atoms with Crippen LogP contribution in [0.4, 0.5) is 0 Å². The Morgan fingerprint density at radius 1 is 1.21 bits per heavy atom. The zero-order valence-electron chi connectivity index (χ0n) is 8.81. The molecule has 0 atom stereocenters. The minimum Gasteiger partial charge on any atom is -0.478 e. The van der Waals surface area contributed by atoms with Crippen LogP contribution < -0.4 is 0 Å². The molecule has 0 bridgehead atoms. The predicted octanol–water partition coefficient (Wildman–Crippen LogP) is 0.841. The van der Waals surface area contributed by atoms with Gasteiger partial charge in [-0.1, -0.05) is 0 Å². The lowest BCUT2D eigenvalue weighted by atomic mass is 10.4. The highest BCUT2D eigenvalue weighted by molar-refractivity contribution is 5.90. The molecule has 82 valence electrons. The van der Waals surface area contributed by atoms with Crippen molar-refractivity contribution < 1.29 is 24.2 Å². The van der Waals surface area contributed by atoms with E-state index >= 15 is 0 Å². The molecule has 14 heavy (non-hydrogen) atoms. The van der Waals surface area contributed by atoms with Gasteiger partial charge in [0.15, 0.2) is 0 Å². The van der Waals surface area contributed by atoms with Gasteiger partial charge in [-0.2, -0.15) is 0 Å². The number of carbonyl (C=O) groups excluding carboxylic acids is 1. The lowest BCUT2D eigenvalue weighted by molar-refractivity contribution is -0.142. The molecule has 5 nitrogen and oxygen atoms in total. The van der Waals surface area contributed by atoms with Crippen LogP contribution in [0.3, 0.4) is 0 Å². The fraction of sp³-hybridized carbons (Fsp3) is 0.556. The van der Waals surface area contributed by atoms with Crippen LogP contribution in [0.25, 0.3) is 0 Å². The van der Waals surface area contributed by atoms with E-state index in [2.05, 4.69) is 9.47 Å². The molecule has 0 aromatic carbocycles. The average Bonchev–Trinajstić information content (AvgIpc) is 2.01. The number of carbonyl (C=O) groups is 2. The predicted molar refractivity (Wildman–Crippen MR) is 50.9 cm³/mol. The van der Waals surface area contributed by atoms with E-state index in [0.29, 0.717) is 0 Å². The molecule has 0 spiro atoms. The van der Waals surface area contributed by atoms with Crippen LogP contribution in [0, 0.1) is 0 Å². The van der Waals surface area contributed by atoms with Crippen molar-refractivity contribution in [2.75, 3.05) is 14.2 Å². The zero-order valence-corrected chi connectivity index (χ0v) is 8.81. The first kappa shape index (κ1) is 15.1. The van der Waals surface area contributed by atoms with Crippen LogP contribution in [0.5, 0.6) is 0 Å². The van der Waals surface area contributed by atoms with Gasteiger partial charge >= 0.3 is 11.9 Å². The first-order valence-corrected chi connectivity index (χ1v) is 3.95. The molecular weight excluding hydrogens is 188 g/mol. The summed E-state index contributed by atoms with van der Waals surface area (Å²) in [4.78, 5) is 20.5. The van der Waals surface area contributed by atoms with E-state index in [9.17, 15) is 9.59 Å². The molecule has 0 aromatic rings. The topological polar surface area (TPSA) is 72.8 Å². The maximum Gasteiger partial charge on any atom is 0.331 e. The summed E-state index contributed by atoms with van der Waals surface area (Å²) in [6.45, 7) is 3.37. The van der Waals surface area contributed by atoms with Crippen LogP contribution in [0.2, 0.25) is 0 Å². The van der Waals surface area contributed by atoms with Crippen molar-refractivity contribution >= 4 is 11.9 Å². The second kappa shape index (κ2) is 9.73. The second-order valence-electron chi connectivity index (χ2n) is 2.57. The number of aliphatic carboxylic acids is 1. The van der Waals surface area contributed by atoms with Gasteiger partial charge in [0, 0.05) is 26.4 Å². The molecule has 0 aromatic heterocycles. The van der Waals surface area contributed by atoms with E-state index in [1.165, 1.54) is 0 Å². The van der Waals surface area contributed by atoms with Gasteiger partial charge in [-0.15, -0.1) is 0 Å². The Balaban J connectivity index is 0. The molecule has 1 N–H and O–H groups in total. The van der Waals surface area contributed by atoms with E-state index in [-0.39, 0.29) is 6.10 Å². The summed E-state index contributed by atoms with van der Waals surface area (Å²) in [5, 5.41) is 8.10. The lowest BCUT2D eigenvalue weighted by Gasteiger charge is -2.02. The number of ether oxygens (including phenoxy) is 2. The second-order valence-corrected chi connectivity index (χ2v) is 2.57. The smallest absolute Gasteiger partial charge is 0.331 e. The Bertz CT molecular complexity index is 195. The number of carboxylic acids is 1. The van der Waals surface area contributed by atoms with Gasteiger partial charge in [-0.25, -0.2) is 9.59 Å². The number of hydrogen-bond donors (Lipinski definition) is 1. The molecule has 0 amide bonds. The van der Waals surface area contributed by atoms with Crippen molar-refractivity contribution in [2.45, 2.75) is 20.0 Å². The summed E-state index contributed by atoms with van der Waals surface area (Å²) in [6, 6.07) is 0. The largest absolute Gasteiger partial charge is 0.478 e. The molecule has 0 radical (unpaired) electrons. The van der Waals surface area contributed by atoms with E-state index in [0.717, 1.165) is 12.2 Å². The summed E-state index contributed by atoms with van der Waals surface area (Å²) < 4.78 is 8.86. The summed E-state index contributed by atoms with van der Waals surface area (Å²) in [6.07, 6.45) is 1.40. The normalized spacial score (nSPS) is 9.50. The molecule has 0 unspecified atom stereocenters. The highest BCUT2D eigenvalue weighted by atomic mass is 16.5. The Kier molecular flexibility index (Phi) is 10.5. The van der Waals surface area contributed by atoms with Crippen LogP contribution in [-0.2, 0) is 19.1 Å². The van der Waals surface area contributed by atoms with Gasteiger partial charge in [0.25, 0.3) is 0 Å². The standard InChI is InChI=1S/C7H10O4.C2H6O/c1-5(2)11-7(10)4-3-6(8)9;1-3-2/h3-5H,1-2H3,(H,8,9);1-2H3/b4-3-;. The third-order valence-corrected chi connectivity index (χ3v) is 0.714. The third-order valence-electron chi connectivity index (χ3n) is 0.714. The summed E-state index contributed by atoms with van der Waals surface area (Å²) in [5.74, 6) is -1.80. The van der Waals surface area contributed by atoms with Crippen LogP contribution in [-0.4, -0.2) is 37.4 Å². The van der Waals surface area contributed by atoms with Crippen LogP contribution in [0.1, 0.15) is 13.8 Å². The Morgan fingerprint density at radius 2 is 1.64 bits per heavy atom. The van der Waals surface area contributed by atoms with Crippen molar-refractivity contribution in [3.63, 3.8) is 0 Å². The third kappa shape index (κ3) is 16.9. The van der Waals surface area contributed by atoms with Crippen LogP contribution in [0.15, 0.2) is 12.2 Å². The molecule has 0 aliphatic rings. The van der Waals surface area contributed by atoms with E-state index in [1.54, 1.807) is 28.1 Å². The maximum absolute atomic E-state index is 10.6. The molecule has 0 aliphatic heterocycles. The minimum absolute atomic E-state index is 0.221. The summed E-state index contributed by atoms with van der Waals surface area (Å²) in [5.41, 5.74) is 0. The first-order chi connectivity index (χ1) is 6.43. The van der Waals surface area contributed by atoms with Gasteiger partial charge < -0.3 is 14.6 Å². The monoisotopic (exact) mass is 204 g/mol. The van der Waals surface area contributed by atoms with Gasteiger partial charge in [0.2, 0.25) is 0 Å². The Hall–Kier alpha value is -1.36. The van der Waals surface area contributed by atoms with E-state index in [1.807, 2.05) is 0 Å². The highest BCUT2D eigenvalue weighted by Crippen LogP contribution is 1.89. The van der Waals surface area contributed by atoms with Crippen molar-refractivity contribution in [1.82, 2.24) is 0 Å². The highest BCUT2D eigenvalue weighted by Gasteiger charge is 1.99. The van der Waals surface area contributed by atoms with Gasteiger partial charge in [0.1, 0.15) is 0 Å². The number of esters is 1. The molecule has 5 heteroatoms. The Morgan fingerprint density at radius 3 is 1.93 bits per heavy atom. The van der Waals surface area contributed by atoms with Crippen LogP contribution >= 0.6 is 0 Å². The number of hydrogen-bond acceptors (Lipinski definition) is 4. The minimum atomic E-state index is -1.16. The summed E-state index contributed by atoms with van der Waals surface area (Å²) in [7, 11) is 3.25. The quantitative estimate of drug-likeness (QED) is 0.544. The van der Waals surface area contributed by atoms with Gasteiger partial charge in [0.05, 0.1) is 6.10 Å². The zero-order chi connectivity index (χ0) is 11.6. The fourth-order valence-electron chi connectivity index (χ4n) is 0.411. The first-order valence-electron chi connectivity index (χ1n) is 3.95. The molecule has 0 rings (SSSR count). The molecule has 0 saturated carbocycles. The van der Waals surface area contributed by atoms with Gasteiger partial charge in [-0.3, -0.25) is 0 Å². The summed E-state index contributed by atoms with van der Waals surface area (Å²) >= 11 is 0. The van der Waals surface area contributed by atoms with Crippen molar-refractivity contribution in [3.05, 3.63) is 12.2 Å². The van der Waals surface area contributed by atoms with Gasteiger partial charge in [-0.05, 0) is 13.8 Å².